The quantitative estimate of drug-likeness (QED) is 0.846. The third-order valence-electron chi connectivity index (χ3n) is 3.37. The number of hydrogen-bond donors (Lipinski definition) is 2. The highest BCUT2D eigenvalue weighted by atomic mass is 16.3. The van der Waals surface area contributed by atoms with Gasteiger partial charge in [-0.2, -0.15) is 0 Å². The molecule has 21 heavy (non-hydrogen) atoms. The third-order valence-corrected chi connectivity index (χ3v) is 3.37. The van der Waals surface area contributed by atoms with Gasteiger partial charge in [0, 0.05) is 17.8 Å². The number of hydrogen-bond acceptors (Lipinski definition) is 3. The van der Waals surface area contributed by atoms with E-state index < -0.39 is 0 Å². The fourth-order valence-electron chi connectivity index (χ4n) is 2.15. The largest absolute Gasteiger partial charge is 0.467 e. The van der Waals surface area contributed by atoms with Gasteiger partial charge in [0.25, 0.3) is 5.91 Å². The van der Waals surface area contributed by atoms with E-state index in [-0.39, 0.29) is 11.9 Å². The first kappa shape index (κ1) is 15.2. The Morgan fingerprint density at radius 3 is 2.76 bits per heavy atom. The number of nitrogens with one attached hydrogen (secondary N) is 2. The molecule has 0 radical (unpaired) electrons. The van der Waals surface area contributed by atoms with Crippen LogP contribution in [0.3, 0.4) is 0 Å². The Kier molecular flexibility index (Phi) is 5.04. The van der Waals surface area contributed by atoms with Crippen LogP contribution in [-0.4, -0.2) is 12.5 Å². The van der Waals surface area contributed by atoms with Crippen LogP contribution < -0.4 is 10.6 Å². The van der Waals surface area contributed by atoms with Crippen molar-refractivity contribution < 1.29 is 9.21 Å². The third kappa shape index (κ3) is 3.88. The lowest BCUT2D eigenvalue weighted by Crippen LogP contribution is -2.26. The van der Waals surface area contributed by atoms with Gasteiger partial charge in [0.05, 0.1) is 12.3 Å². The van der Waals surface area contributed by atoms with Gasteiger partial charge in [0.15, 0.2) is 0 Å². The molecule has 1 aromatic heterocycles. The monoisotopic (exact) mass is 286 g/mol. The fraction of sp³-hybridized carbons (Fsp3) is 0.353. The minimum Gasteiger partial charge on any atom is -0.467 e. The van der Waals surface area contributed by atoms with Crippen molar-refractivity contribution >= 4 is 11.6 Å². The maximum atomic E-state index is 12.3. The molecule has 1 atom stereocenters. The number of carbonyl (C=O) groups excluding carboxylic acids is 1. The maximum absolute atomic E-state index is 12.3. The first-order valence-corrected chi connectivity index (χ1v) is 7.30. The van der Waals surface area contributed by atoms with Crippen molar-refractivity contribution in [1.82, 2.24) is 5.32 Å². The van der Waals surface area contributed by atoms with E-state index in [4.69, 9.17) is 4.42 Å². The predicted octanol–water partition coefficient (Wildman–Crippen LogP) is 3.90. The molecule has 0 aliphatic heterocycles. The Morgan fingerprint density at radius 1 is 1.33 bits per heavy atom. The van der Waals surface area contributed by atoms with Gasteiger partial charge in [-0.15, -0.1) is 0 Å². The summed E-state index contributed by atoms with van der Waals surface area (Å²) in [7, 11) is 0. The number of furan rings is 1. The fourth-order valence-corrected chi connectivity index (χ4v) is 2.15. The average molecular weight is 286 g/mol. The molecular formula is C17H22N2O2. The second kappa shape index (κ2) is 6.97. The molecule has 0 bridgehead atoms. The molecule has 1 heterocycles. The number of anilines is 1. The molecule has 0 saturated heterocycles. The molecule has 4 heteroatoms. The van der Waals surface area contributed by atoms with E-state index in [2.05, 4.69) is 17.6 Å². The molecule has 4 nitrogen and oxygen atoms in total. The van der Waals surface area contributed by atoms with Crippen LogP contribution in [0.5, 0.6) is 0 Å². The lowest BCUT2D eigenvalue weighted by Gasteiger charge is -2.13. The molecule has 2 aromatic rings. The van der Waals surface area contributed by atoms with Gasteiger partial charge in [0.1, 0.15) is 5.76 Å². The molecule has 112 valence electrons. The van der Waals surface area contributed by atoms with Gasteiger partial charge >= 0.3 is 0 Å². The predicted molar refractivity (Wildman–Crippen MR) is 84.5 cm³/mol. The van der Waals surface area contributed by atoms with E-state index in [0.717, 1.165) is 30.0 Å². The van der Waals surface area contributed by atoms with Gasteiger partial charge in [-0.3, -0.25) is 4.79 Å². The van der Waals surface area contributed by atoms with Crippen molar-refractivity contribution in [2.24, 2.45) is 0 Å². The van der Waals surface area contributed by atoms with Gasteiger partial charge in [-0.25, -0.2) is 0 Å². The first-order valence-electron chi connectivity index (χ1n) is 7.30. The summed E-state index contributed by atoms with van der Waals surface area (Å²) >= 11 is 0. The molecule has 0 spiro atoms. The van der Waals surface area contributed by atoms with Crippen molar-refractivity contribution in [1.29, 1.82) is 0 Å². The van der Waals surface area contributed by atoms with E-state index in [1.54, 1.807) is 6.26 Å². The summed E-state index contributed by atoms with van der Waals surface area (Å²) in [6.07, 6.45) is 2.68. The Balaban J connectivity index is 2.04. The van der Waals surface area contributed by atoms with Crippen LogP contribution >= 0.6 is 0 Å². The lowest BCUT2D eigenvalue weighted by molar-refractivity contribution is 0.0935. The summed E-state index contributed by atoms with van der Waals surface area (Å²) < 4.78 is 5.29. The number of amides is 1. The van der Waals surface area contributed by atoms with E-state index in [1.165, 1.54) is 0 Å². The van der Waals surface area contributed by atoms with E-state index in [1.807, 2.05) is 44.2 Å². The molecule has 1 aromatic carbocycles. The SMILES string of the molecule is CCCNc1ccc(C(=O)NC(C)c2ccco2)cc1C. The lowest BCUT2D eigenvalue weighted by atomic mass is 10.1. The summed E-state index contributed by atoms with van der Waals surface area (Å²) in [5.41, 5.74) is 2.81. The Hall–Kier alpha value is -2.23. The molecular weight excluding hydrogens is 264 g/mol. The van der Waals surface area contributed by atoms with Crippen molar-refractivity contribution in [2.75, 3.05) is 11.9 Å². The van der Waals surface area contributed by atoms with Crippen molar-refractivity contribution in [3.05, 3.63) is 53.5 Å². The Morgan fingerprint density at radius 2 is 2.14 bits per heavy atom. The highest BCUT2D eigenvalue weighted by Crippen LogP contribution is 2.18. The van der Waals surface area contributed by atoms with Gasteiger partial charge in [0.2, 0.25) is 0 Å². The maximum Gasteiger partial charge on any atom is 0.251 e. The van der Waals surface area contributed by atoms with Crippen LogP contribution in [0.15, 0.2) is 41.0 Å². The van der Waals surface area contributed by atoms with Crippen LogP contribution in [-0.2, 0) is 0 Å². The summed E-state index contributed by atoms with van der Waals surface area (Å²) in [5.74, 6) is 0.658. The first-order chi connectivity index (χ1) is 10.1. The van der Waals surface area contributed by atoms with E-state index in [9.17, 15) is 4.79 Å². The number of rotatable bonds is 6. The molecule has 0 fully saturated rings. The van der Waals surface area contributed by atoms with Crippen LogP contribution in [0.4, 0.5) is 5.69 Å². The normalized spacial score (nSPS) is 12.0. The molecule has 1 unspecified atom stereocenters. The van der Waals surface area contributed by atoms with Crippen molar-refractivity contribution in [3.63, 3.8) is 0 Å². The smallest absolute Gasteiger partial charge is 0.251 e. The molecule has 0 aliphatic carbocycles. The average Bonchev–Trinajstić information content (AvgIpc) is 3.00. The Bertz CT molecular complexity index is 591. The number of benzene rings is 1. The molecule has 0 saturated carbocycles. The van der Waals surface area contributed by atoms with Crippen LogP contribution in [0.2, 0.25) is 0 Å². The highest BCUT2D eigenvalue weighted by molar-refractivity contribution is 5.95. The van der Waals surface area contributed by atoms with E-state index in [0.29, 0.717) is 5.56 Å². The molecule has 2 N–H and O–H groups in total. The van der Waals surface area contributed by atoms with Crippen LogP contribution in [0.1, 0.15) is 48.0 Å². The highest BCUT2D eigenvalue weighted by Gasteiger charge is 2.14. The van der Waals surface area contributed by atoms with Crippen molar-refractivity contribution in [3.8, 4) is 0 Å². The summed E-state index contributed by atoms with van der Waals surface area (Å²) in [5, 5.41) is 6.28. The Labute approximate surface area is 125 Å². The zero-order valence-corrected chi connectivity index (χ0v) is 12.8. The van der Waals surface area contributed by atoms with E-state index >= 15 is 0 Å². The molecule has 1 amide bonds. The molecule has 0 aliphatic rings. The summed E-state index contributed by atoms with van der Waals surface area (Å²) in [6, 6.07) is 9.23. The number of carbonyl (C=O) groups is 1. The molecule has 2 rings (SSSR count). The second-order valence-corrected chi connectivity index (χ2v) is 5.17. The van der Waals surface area contributed by atoms with Gasteiger partial charge < -0.3 is 15.1 Å². The number of aryl methyl sites for hydroxylation is 1. The minimum atomic E-state index is -0.148. The second-order valence-electron chi connectivity index (χ2n) is 5.17. The zero-order chi connectivity index (χ0) is 15.2. The summed E-state index contributed by atoms with van der Waals surface area (Å²) in [4.78, 5) is 12.3. The van der Waals surface area contributed by atoms with Crippen LogP contribution in [0.25, 0.3) is 0 Å². The standard InChI is InChI=1S/C17H22N2O2/c1-4-9-18-15-8-7-14(11-12(15)2)17(20)19-13(3)16-6-5-10-21-16/h5-8,10-11,13,18H,4,9H2,1-3H3,(H,19,20). The van der Waals surface area contributed by atoms with Gasteiger partial charge in [-0.1, -0.05) is 6.92 Å². The van der Waals surface area contributed by atoms with Crippen molar-refractivity contribution in [2.45, 2.75) is 33.2 Å². The zero-order valence-electron chi connectivity index (χ0n) is 12.8. The summed E-state index contributed by atoms with van der Waals surface area (Å²) in [6.45, 7) is 6.97. The van der Waals surface area contributed by atoms with Crippen LogP contribution in [0, 0.1) is 6.92 Å². The minimum absolute atomic E-state index is 0.0935. The topological polar surface area (TPSA) is 54.3 Å². The van der Waals surface area contributed by atoms with Gasteiger partial charge in [-0.05, 0) is 56.2 Å².